The molecule has 3 rings (SSSR count). The second kappa shape index (κ2) is 7.77. The maximum atomic E-state index is 10.3. The van der Waals surface area contributed by atoms with Gasteiger partial charge in [0.05, 0.1) is 6.10 Å². The van der Waals surface area contributed by atoms with Crippen LogP contribution in [0, 0.1) is 13.8 Å². The van der Waals surface area contributed by atoms with E-state index in [-0.39, 0.29) is 0 Å². The summed E-state index contributed by atoms with van der Waals surface area (Å²) in [5, 5.41) is 10.3. The van der Waals surface area contributed by atoms with Crippen molar-refractivity contribution in [3.8, 4) is 0 Å². The summed E-state index contributed by atoms with van der Waals surface area (Å²) in [6.45, 7) is 9.53. The van der Waals surface area contributed by atoms with Crippen LogP contribution < -0.4 is 4.90 Å². The molecule has 1 aliphatic heterocycles. The lowest BCUT2D eigenvalue weighted by Crippen LogP contribution is -2.47. The minimum atomic E-state index is -0.398. The monoisotopic (exact) mass is 325 g/mol. The molecule has 1 aromatic heterocycles. The third kappa shape index (κ3) is 3.94. The van der Waals surface area contributed by atoms with Gasteiger partial charge in [0.1, 0.15) is 0 Å². The molecule has 4 nitrogen and oxygen atoms in total. The first kappa shape index (κ1) is 16.9. The van der Waals surface area contributed by atoms with Crippen molar-refractivity contribution in [1.29, 1.82) is 0 Å². The predicted molar refractivity (Wildman–Crippen MR) is 98.4 cm³/mol. The topological polar surface area (TPSA) is 39.6 Å². The number of aromatic nitrogens is 1. The Kier molecular flexibility index (Phi) is 5.48. The lowest BCUT2D eigenvalue weighted by molar-refractivity contribution is 0.139. The second-order valence-electron chi connectivity index (χ2n) is 6.63. The van der Waals surface area contributed by atoms with Crippen LogP contribution in [0.25, 0.3) is 0 Å². The normalized spacial score (nSPS) is 17.0. The van der Waals surface area contributed by atoms with E-state index in [0.717, 1.165) is 44.7 Å². The van der Waals surface area contributed by atoms with Crippen molar-refractivity contribution >= 4 is 5.69 Å². The molecule has 1 unspecified atom stereocenters. The Balaban J connectivity index is 1.50. The Morgan fingerprint density at radius 3 is 2.46 bits per heavy atom. The zero-order valence-electron chi connectivity index (χ0n) is 14.7. The summed E-state index contributed by atoms with van der Waals surface area (Å²) in [5.41, 5.74) is 5.07. The third-order valence-corrected chi connectivity index (χ3v) is 5.10. The maximum absolute atomic E-state index is 10.3. The molecule has 1 fully saturated rings. The molecule has 1 atom stereocenters. The van der Waals surface area contributed by atoms with Crippen molar-refractivity contribution in [2.75, 3.05) is 37.6 Å². The Bertz CT molecular complexity index is 651. The van der Waals surface area contributed by atoms with Crippen LogP contribution in [0.3, 0.4) is 0 Å². The molecule has 1 aromatic carbocycles. The molecule has 128 valence electrons. The Morgan fingerprint density at radius 1 is 1.04 bits per heavy atom. The van der Waals surface area contributed by atoms with Crippen molar-refractivity contribution in [3.05, 3.63) is 59.4 Å². The van der Waals surface area contributed by atoms with E-state index in [9.17, 15) is 5.11 Å². The standard InChI is InChI=1S/C20H27N3O/c1-16-4-3-5-19(17(16)2)23-14-12-22(13-15-23)11-8-20(24)18-6-9-21-10-7-18/h3-7,9-10,20,24H,8,11-15H2,1-2H3. The van der Waals surface area contributed by atoms with E-state index in [1.165, 1.54) is 16.8 Å². The van der Waals surface area contributed by atoms with Gasteiger partial charge in [-0.2, -0.15) is 0 Å². The average molecular weight is 325 g/mol. The highest BCUT2D eigenvalue weighted by Crippen LogP contribution is 2.24. The molecule has 1 N–H and O–H groups in total. The van der Waals surface area contributed by atoms with Crippen molar-refractivity contribution in [2.45, 2.75) is 26.4 Å². The van der Waals surface area contributed by atoms with E-state index >= 15 is 0 Å². The zero-order chi connectivity index (χ0) is 16.9. The SMILES string of the molecule is Cc1cccc(N2CCN(CCC(O)c3ccncc3)CC2)c1C. The number of benzene rings is 1. The van der Waals surface area contributed by atoms with Gasteiger partial charge in [-0.1, -0.05) is 12.1 Å². The van der Waals surface area contributed by atoms with Crippen LogP contribution in [0.5, 0.6) is 0 Å². The molecule has 0 radical (unpaired) electrons. The minimum absolute atomic E-state index is 0.398. The van der Waals surface area contributed by atoms with Gasteiger partial charge in [0, 0.05) is 50.8 Å². The van der Waals surface area contributed by atoms with Crippen LogP contribution in [0.15, 0.2) is 42.7 Å². The summed E-state index contributed by atoms with van der Waals surface area (Å²) in [4.78, 5) is 8.94. The smallest absolute Gasteiger partial charge is 0.0803 e. The number of hydrogen-bond donors (Lipinski definition) is 1. The molecule has 2 heterocycles. The summed E-state index contributed by atoms with van der Waals surface area (Å²) >= 11 is 0. The van der Waals surface area contributed by atoms with Crippen LogP contribution in [0.2, 0.25) is 0 Å². The maximum Gasteiger partial charge on any atom is 0.0803 e. The summed E-state index contributed by atoms with van der Waals surface area (Å²) < 4.78 is 0. The molecular weight excluding hydrogens is 298 g/mol. The van der Waals surface area contributed by atoms with E-state index in [0.29, 0.717) is 0 Å². The molecule has 0 spiro atoms. The largest absolute Gasteiger partial charge is 0.388 e. The number of rotatable bonds is 5. The highest BCUT2D eigenvalue weighted by Gasteiger charge is 2.19. The molecule has 0 aliphatic carbocycles. The molecule has 0 bridgehead atoms. The van der Waals surface area contributed by atoms with Gasteiger partial charge in [-0.3, -0.25) is 9.88 Å². The fraction of sp³-hybridized carbons (Fsp3) is 0.450. The first-order valence-electron chi connectivity index (χ1n) is 8.76. The predicted octanol–water partition coefficient (Wildman–Crippen LogP) is 2.94. The quantitative estimate of drug-likeness (QED) is 0.917. The molecule has 1 saturated heterocycles. The molecule has 24 heavy (non-hydrogen) atoms. The molecule has 0 saturated carbocycles. The number of aliphatic hydroxyl groups excluding tert-OH is 1. The Labute approximate surface area is 144 Å². The van der Waals surface area contributed by atoms with E-state index in [2.05, 4.69) is 46.8 Å². The lowest BCUT2D eigenvalue weighted by Gasteiger charge is -2.37. The zero-order valence-corrected chi connectivity index (χ0v) is 14.7. The van der Waals surface area contributed by atoms with Crippen LogP contribution in [0.1, 0.15) is 29.2 Å². The number of anilines is 1. The molecule has 1 aliphatic rings. The van der Waals surface area contributed by atoms with Gasteiger partial charge in [0.15, 0.2) is 0 Å². The molecule has 0 amide bonds. The van der Waals surface area contributed by atoms with Gasteiger partial charge in [0.25, 0.3) is 0 Å². The van der Waals surface area contributed by atoms with E-state index in [4.69, 9.17) is 0 Å². The van der Waals surface area contributed by atoms with Gasteiger partial charge in [0.2, 0.25) is 0 Å². The summed E-state index contributed by atoms with van der Waals surface area (Å²) in [7, 11) is 0. The molecule has 4 heteroatoms. The average Bonchev–Trinajstić information content (AvgIpc) is 2.63. The fourth-order valence-corrected chi connectivity index (χ4v) is 3.35. The van der Waals surface area contributed by atoms with E-state index in [1.807, 2.05) is 12.1 Å². The van der Waals surface area contributed by atoms with E-state index in [1.54, 1.807) is 12.4 Å². The van der Waals surface area contributed by atoms with Crippen molar-refractivity contribution in [2.24, 2.45) is 0 Å². The van der Waals surface area contributed by atoms with Crippen LogP contribution in [-0.2, 0) is 0 Å². The number of piperazine rings is 1. The minimum Gasteiger partial charge on any atom is -0.388 e. The first-order chi connectivity index (χ1) is 11.6. The summed E-state index contributed by atoms with van der Waals surface area (Å²) in [6.07, 6.45) is 3.85. The van der Waals surface area contributed by atoms with Crippen molar-refractivity contribution in [3.63, 3.8) is 0 Å². The number of aryl methyl sites for hydroxylation is 1. The number of aliphatic hydroxyl groups is 1. The second-order valence-corrected chi connectivity index (χ2v) is 6.63. The Morgan fingerprint density at radius 2 is 1.75 bits per heavy atom. The molecule has 2 aromatic rings. The van der Waals surface area contributed by atoms with Gasteiger partial charge in [-0.15, -0.1) is 0 Å². The Hall–Kier alpha value is -1.91. The fourth-order valence-electron chi connectivity index (χ4n) is 3.35. The van der Waals surface area contributed by atoms with Crippen molar-refractivity contribution in [1.82, 2.24) is 9.88 Å². The number of nitrogens with zero attached hydrogens (tertiary/aromatic N) is 3. The van der Waals surface area contributed by atoms with Crippen LogP contribution in [0.4, 0.5) is 5.69 Å². The summed E-state index contributed by atoms with van der Waals surface area (Å²) in [6, 6.07) is 10.3. The highest BCUT2D eigenvalue weighted by molar-refractivity contribution is 5.56. The van der Waals surface area contributed by atoms with Crippen molar-refractivity contribution < 1.29 is 5.11 Å². The third-order valence-electron chi connectivity index (χ3n) is 5.10. The van der Waals surface area contributed by atoms with Crippen LogP contribution >= 0.6 is 0 Å². The number of hydrogen-bond acceptors (Lipinski definition) is 4. The number of pyridine rings is 1. The van der Waals surface area contributed by atoms with Gasteiger partial charge < -0.3 is 10.0 Å². The first-order valence-corrected chi connectivity index (χ1v) is 8.76. The van der Waals surface area contributed by atoms with Gasteiger partial charge in [-0.25, -0.2) is 0 Å². The van der Waals surface area contributed by atoms with Crippen LogP contribution in [-0.4, -0.2) is 47.7 Å². The van der Waals surface area contributed by atoms with Gasteiger partial charge in [-0.05, 0) is 55.2 Å². The summed E-state index contributed by atoms with van der Waals surface area (Å²) in [5.74, 6) is 0. The molecular formula is C20H27N3O. The highest BCUT2D eigenvalue weighted by atomic mass is 16.3. The van der Waals surface area contributed by atoms with Gasteiger partial charge >= 0.3 is 0 Å². The van der Waals surface area contributed by atoms with E-state index < -0.39 is 6.10 Å². The lowest BCUT2D eigenvalue weighted by atomic mass is 10.1.